The van der Waals surface area contributed by atoms with Crippen LogP contribution in [0.3, 0.4) is 0 Å². The van der Waals surface area contributed by atoms with Crippen molar-refractivity contribution in [2.45, 2.75) is 38.5 Å². The van der Waals surface area contributed by atoms with Crippen LogP contribution >= 0.6 is 0 Å². The van der Waals surface area contributed by atoms with Crippen molar-refractivity contribution in [3.8, 4) is 0 Å². The molecule has 0 atom stereocenters. The second-order valence-electron chi connectivity index (χ2n) is 5.83. The molecule has 20 heavy (non-hydrogen) atoms. The molecular formula is C18H30N2. The second-order valence-corrected chi connectivity index (χ2v) is 5.83. The molecule has 0 radical (unpaired) electrons. The third-order valence-corrected chi connectivity index (χ3v) is 4.17. The molecule has 3 heterocycles. The fourth-order valence-corrected chi connectivity index (χ4v) is 2.92. The van der Waals surface area contributed by atoms with E-state index in [0.717, 1.165) is 0 Å². The molecule has 0 amide bonds. The minimum atomic E-state index is 1.20. The fraction of sp³-hybridized carbons (Fsp3) is 0.667. The average molecular weight is 274 g/mol. The highest BCUT2D eigenvalue weighted by molar-refractivity contribution is 4.90. The quantitative estimate of drug-likeness (QED) is 0.622. The van der Waals surface area contributed by atoms with Crippen LogP contribution in [0.2, 0.25) is 0 Å². The minimum absolute atomic E-state index is 1.20. The van der Waals surface area contributed by atoms with E-state index in [9.17, 15) is 0 Å². The van der Waals surface area contributed by atoms with Crippen molar-refractivity contribution in [1.29, 1.82) is 0 Å². The van der Waals surface area contributed by atoms with Crippen molar-refractivity contribution in [3.63, 3.8) is 0 Å². The number of hydrogen-bond acceptors (Lipinski definition) is 2. The molecule has 0 aromatic rings. The zero-order valence-corrected chi connectivity index (χ0v) is 12.8. The summed E-state index contributed by atoms with van der Waals surface area (Å²) in [7, 11) is 0. The molecule has 2 nitrogen and oxygen atoms in total. The van der Waals surface area contributed by atoms with E-state index >= 15 is 0 Å². The molecule has 0 aromatic carbocycles. The summed E-state index contributed by atoms with van der Waals surface area (Å²) in [4.78, 5) is 5.23. The van der Waals surface area contributed by atoms with Gasteiger partial charge in [-0.1, -0.05) is 36.5 Å². The fourth-order valence-electron chi connectivity index (χ4n) is 2.92. The molecule has 0 unspecified atom stereocenters. The van der Waals surface area contributed by atoms with Gasteiger partial charge in [0.15, 0.2) is 0 Å². The molecule has 3 aliphatic rings. The lowest BCUT2D eigenvalue weighted by Gasteiger charge is -2.22. The molecule has 3 aliphatic heterocycles. The Morgan fingerprint density at radius 2 is 0.550 bits per heavy atom. The maximum absolute atomic E-state index is 2.61. The summed E-state index contributed by atoms with van der Waals surface area (Å²) in [5, 5.41) is 0. The molecule has 112 valence electrons. The van der Waals surface area contributed by atoms with Crippen molar-refractivity contribution >= 4 is 0 Å². The Balaban J connectivity index is 2.02. The van der Waals surface area contributed by atoms with Crippen LogP contribution in [0.25, 0.3) is 0 Å². The highest BCUT2D eigenvalue weighted by Crippen LogP contribution is 2.05. The Morgan fingerprint density at radius 1 is 0.350 bits per heavy atom. The van der Waals surface area contributed by atoms with Crippen LogP contribution in [0, 0.1) is 0 Å². The zero-order chi connectivity index (χ0) is 13.9. The molecular weight excluding hydrogens is 244 g/mol. The summed E-state index contributed by atoms with van der Waals surface area (Å²) < 4.78 is 0. The second kappa shape index (κ2) is 9.95. The Hall–Kier alpha value is -0.860. The average Bonchev–Trinajstić information content (AvgIpc) is 2.47. The van der Waals surface area contributed by atoms with Gasteiger partial charge in [-0.3, -0.25) is 0 Å². The van der Waals surface area contributed by atoms with Crippen molar-refractivity contribution in [2.24, 2.45) is 0 Å². The molecule has 0 aliphatic carbocycles. The maximum Gasteiger partial charge on any atom is 0.00162 e. The topological polar surface area (TPSA) is 6.48 Å². The van der Waals surface area contributed by atoms with Gasteiger partial charge in [0.2, 0.25) is 0 Å². The number of fused-ring (bicyclic) bond motifs is 12. The van der Waals surface area contributed by atoms with Gasteiger partial charge in [0.1, 0.15) is 0 Å². The van der Waals surface area contributed by atoms with Crippen molar-refractivity contribution in [2.75, 3.05) is 39.3 Å². The lowest BCUT2D eigenvalue weighted by atomic mass is 10.2. The smallest absolute Gasteiger partial charge is 0.00162 e. The van der Waals surface area contributed by atoms with Gasteiger partial charge < -0.3 is 9.80 Å². The summed E-state index contributed by atoms with van der Waals surface area (Å²) >= 11 is 0. The summed E-state index contributed by atoms with van der Waals surface area (Å²) in [6, 6.07) is 0. The Morgan fingerprint density at radius 3 is 0.750 bits per heavy atom. The van der Waals surface area contributed by atoms with Crippen LogP contribution in [0.5, 0.6) is 0 Å². The highest BCUT2D eigenvalue weighted by atomic mass is 15.1. The van der Waals surface area contributed by atoms with Crippen LogP contribution in [-0.2, 0) is 0 Å². The van der Waals surface area contributed by atoms with Gasteiger partial charge in [-0.15, -0.1) is 0 Å². The van der Waals surface area contributed by atoms with Gasteiger partial charge in [0.05, 0.1) is 0 Å². The summed E-state index contributed by atoms with van der Waals surface area (Å²) in [5.74, 6) is 0. The van der Waals surface area contributed by atoms with Crippen molar-refractivity contribution in [3.05, 3.63) is 36.5 Å². The lowest BCUT2D eigenvalue weighted by molar-refractivity contribution is 0.282. The largest absolute Gasteiger partial charge is 0.302 e. The van der Waals surface area contributed by atoms with Crippen LogP contribution < -0.4 is 0 Å². The van der Waals surface area contributed by atoms with Gasteiger partial charge in [-0.25, -0.2) is 0 Å². The van der Waals surface area contributed by atoms with E-state index < -0.39 is 0 Å². The molecule has 0 saturated carbocycles. The molecule has 2 bridgehead atoms. The number of nitrogens with zero attached hydrogens (tertiary/aromatic N) is 2. The van der Waals surface area contributed by atoms with E-state index in [1.807, 2.05) is 0 Å². The number of rotatable bonds is 0. The predicted molar refractivity (Wildman–Crippen MR) is 88.0 cm³/mol. The van der Waals surface area contributed by atoms with E-state index in [1.165, 1.54) is 77.8 Å². The van der Waals surface area contributed by atoms with Crippen LogP contribution in [-0.4, -0.2) is 49.1 Å². The van der Waals surface area contributed by atoms with Crippen LogP contribution in [0.15, 0.2) is 36.5 Å². The van der Waals surface area contributed by atoms with E-state index in [4.69, 9.17) is 0 Å². The monoisotopic (exact) mass is 274 g/mol. The summed E-state index contributed by atoms with van der Waals surface area (Å²) in [6.07, 6.45) is 21.5. The third-order valence-electron chi connectivity index (χ3n) is 4.17. The minimum Gasteiger partial charge on any atom is -0.302 e. The predicted octanol–water partition coefficient (Wildman–Crippen LogP) is 3.63. The highest BCUT2D eigenvalue weighted by Gasteiger charge is 2.05. The van der Waals surface area contributed by atoms with Crippen molar-refractivity contribution < 1.29 is 0 Å². The van der Waals surface area contributed by atoms with Gasteiger partial charge in [-0.05, 0) is 38.5 Å². The molecule has 0 saturated heterocycles. The number of hydrogen-bond donors (Lipinski definition) is 0. The standard InChI is InChI=1S/C18H30N2/c1-2-8-14-20-17-11-5-3-9-15-19(13-7-1)16-10-4-6-12-18-20/h1-6H,7-18H2/b2-1-,5-3-,6-4-. The Kier molecular flexibility index (Phi) is 7.73. The summed E-state index contributed by atoms with van der Waals surface area (Å²) in [6.45, 7) is 7.26. The molecule has 3 rings (SSSR count). The SMILES string of the molecule is C1=C\CCN2CC/C=C\CCN(CC/1)CC/C=C\CC2. The molecule has 0 fully saturated rings. The molecule has 0 aromatic heterocycles. The molecule has 2 heteroatoms. The summed E-state index contributed by atoms with van der Waals surface area (Å²) in [5.41, 5.74) is 0. The first-order valence-electron chi connectivity index (χ1n) is 8.35. The first-order chi connectivity index (χ1) is 9.95. The first kappa shape index (κ1) is 15.5. The molecule has 0 spiro atoms. The van der Waals surface area contributed by atoms with E-state index in [1.54, 1.807) is 0 Å². The molecule has 0 N–H and O–H groups in total. The Bertz CT molecular complexity index is 248. The first-order valence-corrected chi connectivity index (χ1v) is 8.35. The van der Waals surface area contributed by atoms with E-state index in [0.29, 0.717) is 0 Å². The Labute approximate surface area is 124 Å². The van der Waals surface area contributed by atoms with E-state index in [-0.39, 0.29) is 0 Å². The lowest BCUT2D eigenvalue weighted by Crippen LogP contribution is -2.28. The zero-order valence-electron chi connectivity index (χ0n) is 12.8. The van der Waals surface area contributed by atoms with Crippen LogP contribution in [0.4, 0.5) is 0 Å². The van der Waals surface area contributed by atoms with E-state index in [2.05, 4.69) is 46.3 Å². The van der Waals surface area contributed by atoms with Crippen LogP contribution in [0.1, 0.15) is 38.5 Å². The van der Waals surface area contributed by atoms with Gasteiger partial charge in [0.25, 0.3) is 0 Å². The third kappa shape index (κ3) is 6.53. The van der Waals surface area contributed by atoms with Gasteiger partial charge in [0, 0.05) is 39.3 Å². The van der Waals surface area contributed by atoms with Gasteiger partial charge in [-0.2, -0.15) is 0 Å². The van der Waals surface area contributed by atoms with Crippen molar-refractivity contribution in [1.82, 2.24) is 9.80 Å². The maximum atomic E-state index is 2.61. The normalized spacial score (nSPS) is 34.8. The van der Waals surface area contributed by atoms with Gasteiger partial charge >= 0.3 is 0 Å².